The quantitative estimate of drug-likeness (QED) is 0.350. The van der Waals surface area contributed by atoms with E-state index in [1.54, 1.807) is 0 Å². The van der Waals surface area contributed by atoms with Gasteiger partial charge in [0.15, 0.2) is 23.2 Å². The Hall–Kier alpha value is -2.21. The van der Waals surface area contributed by atoms with Gasteiger partial charge in [0, 0.05) is 13.1 Å². The van der Waals surface area contributed by atoms with E-state index in [0.717, 1.165) is 31.7 Å². The second-order valence-electron chi connectivity index (χ2n) is 8.09. The number of nitrogens with one attached hydrogen (secondary N) is 1. The van der Waals surface area contributed by atoms with E-state index in [-0.39, 0.29) is 17.3 Å². The number of hydrazine groups is 1. The van der Waals surface area contributed by atoms with Gasteiger partial charge in [0.05, 0.1) is 12.2 Å². The van der Waals surface area contributed by atoms with Gasteiger partial charge in [-0.25, -0.2) is 9.99 Å². The molecule has 0 saturated carbocycles. The number of hydrogen-bond acceptors (Lipinski definition) is 9. The molecule has 10 nitrogen and oxygen atoms in total. The van der Waals surface area contributed by atoms with Crippen molar-refractivity contribution >= 4 is 40.2 Å². The number of para-hydroxylation sites is 1. The number of rotatable bonds is 6. The van der Waals surface area contributed by atoms with Gasteiger partial charge < -0.3 is 25.1 Å². The topological polar surface area (TPSA) is 118 Å². The van der Waals surface area contributed by atoms with E-state index in [4.69, 9.17) is 32.7 Å². The molecule has 3 N–H and O–H groups in total. The lowest BCUT2D eigenvalue weighted by atomic mass is 10.1. The number of alkyl halides is 1. The Labute approximate surface area is 200 Å². The van der Waals surface area contributed by atoms with E-state index < -0.39 is 24.5 Å². The van der Waals surface area contributed by atoms with Crippen LogP contribution in [0.2, 0.25) is 5.28 Å². The fraction of sp³-hybridized carbons (Fsp3) is 0.476. The first kappa shape index (κ1) is 22.6. The predicted molar refractivity (Wildman–Crippen MR) is 122 cm³/mol. The van der Waals surface area contributed by atoms with Gasteiger partial charge in [-0.2, -0.15) is 9.97 Å². The minimum absolute atomic E-state index is 0.0241. The highest BCUT2D eigenvalue weighted by atomic mass is 35.5. The summed E-state index contributed by atoms with van der Waals surface area (Å²) >= 11 is 12.0. The van der Waals surface area contributed by atoms with Crippen LogP contribution in [0.15, 0.2) is 36.7 Å². The monoisotopic (exact) mass is 494 g/mol. The lowest BCUT2D eigenvalue weighted by Crippen LogP contribution is -2.41. The van der Waals surface area contributed by atoms with Crippen molar-refractivity contribution in [3.05, 3.63) is 41.9 Å². The molecule has 0 bridgehead atoms. The number of ether oxygens (including phenoxy) is 2. The van der Waals surface area contributed by atoms with E-state index in [2.05, 4.69) is 20.4 Å². The first-order chi connectivity index (χ1) is 16.0. The number of nitrogens with zero attached hydrogens (tertiary/aromatic N) is 5. The van der Waals surface area contributed by atoms with Crippen molar-refractivity contribution in [1.29, 1.82) is 0 Å². The molecular formula is C21H24Cl2N6O4. The Morgan fingerprint density at radius 2 is 1.88 bits per heavy atom. The Kier molecular flexibility index (Phi) is 6.55. The first-order valence-electron chi connectivity index (χ1n) is 10.7. The lowest BCUT2D eigenvalue weighted by Gasteiger charge is -2.32. The van der Waals surface area contributed by atoms with Gasteiger partial charge >= 0.3 is 0 Å². The standard InChI is InChI=1S/C21H24Cl2N6O4/c22-10-14-16(30)17(31)20(33-14)29-11-24-15-18(25-21(23)26-19(15)29)27-28-8-6-13(7-9-28)32-12-4-2-1-3-5-12/h1-5,11,13-14,16-17,20,30-31H,6-10H2,(H,25,26,27)/t14-,16?,17?,20-/m1/s1. The molecule has 2 fully saturated rings. The minimum atomic E-state index is -1.18. The summed E-state index contributed by atoms with van der Waals surface area (Å²) in [5, 5.41) is 22.6. The Bertz CT molecular complexity index is 1100. The molecule has 2 aliphatic heterocycles. The molecule has 3 aromatic rings. The van der Waals surface area contributed by atoms with Crippen LogP contribution in [0, 0.1) is 0 Å². The highest BCUT2D eigenvalue weighted by Crippen LogP contribution is 2.33. The van der Waals surface area contributed by atoms with E-state index in [9.17, 15) is 10.2 Å². The molecule has 176 valence electrons. The molecule has 5 rings (SSSR count). The zero-order chi connectivity index (χ0) is 22.9. The van der Waals surface area contributed by atoms with Crippen LogP contribution in [0.1, 0.15) is 19.1 Å². The minimum Gasteiger partial charge on any atom is -0.490 e. The van der Waals surface area contributed by atoms with Gasteiger partial charge in [-0.3, -0.25) is 4.57 Å². The highest BCUT2D eigenvalue weighted by molar-refractivity contribution is 6.28. The number of aliphatic hydroxyl groups excluding tert-OH is 2. The predicted octanol–water partition coefficient (Wildman–Crippen LogP) is 2.21. The van der Waals surface area contributed by atoms with Crippen molar-refractivity contribution in [1.82, 2.24) is 24.5 Å². The number of benzene rings is 1. The number of hydrogen-bond donors (Lipinski definition) is 3. The molecule has 4 atom stereocenters. The zero-order valence-electron chi connectivity index (χ0n) is 17.6. The van der Waals surface area contributed by atoms with Gasteiger partial charge in [0.1, 0.15) is 30.2 Å². The normalized spacial score (nSPS) is 26.7. The van der Waals surface area contributed by atoms with Gasteiger partial charge in [-0.15, -0.1) is 11.6 Å². The van der Waals surface area contributed by atoms with E-state index in [0.29, 0.717) is 17.0 Å². The van der Waals surface area contributed by atoms with Crippen LogP contribution in [0.4, 0.5) is 5.82 Å². The van der Waals surface area contributed by atoms with Gasteiger partial charge in [-0.05, 0) is 36.6 Å². The SMILES string of the molecule is OC1C(O)[C@@H](CCl)O[C@H]1n1cnc2c(NN3CCC(Oc4ccccc4)CC3)nc(Cl)nc21. The smallest absolute Gasteiger partial charge is 0.226 e. The van der Waals surface area contributed by atoms with Crippen molar-refractivity contribution in [2.24, 2.45) is 0 Å². The number of aliphatic hydroxyl groups is 2. The fourth-order valence-electron chi connectivity index (χ4n) is 4.17. The summed E-state index contributed by atoms with van der Waals surface area (Å²) in [6, 6.07) is 9.80. The molecule has 12 heteroatoms. The van der Waals surface area contributed by atoms with Crippen molar-refractivity contribution in [2.45, 2.75) is 43.5 Å². The van der Waals surface area contributed by atoms with E-state index in [1.165, 1.54) is 10.9 Å². The Balaban J connectivity index is 1.30. The molecule has 2 aliphatic rings. The van der Waals surface area contributed by atoms with Crippen LogP contribution in [-0.2, 0) is 4.74 Å². The molecule has 0 aliphatic carbocycles. The summed E-state index contributed by atoms with van der Waals surface area (Å²) in [5.41, 5.74) is 4.14. The van der Waals surface area contributed by atoms with Gasteiger partial charge in [-0.1, -0.05) is 18.2 Å². The van der Waals surface area contributed by atoms with Crippen LogP contribution >= 0.6 is 23.2 Å². The molecule has 0 amide bonds. The molecule has 2 unspecified atom stereocenters. The number of fused-ring (bicyclic) bond motifs is 1. The van der Waals surface area contributed by atoms with Gasteiger partial charge in [0.25, 0.3) is 0 Å². The van der Waals surface area contributed by atoms with Crippen LogP contribution in [0.3, 0.4) is 0 Å². The molecule has 4 heterocycles. The number of halogens is 2. The van der Waals surface area contributed by atoms with Crippen molar-refractivity contribution in [2.75, 3.05) is 24.4 Å². The maximum absolute atomic E-state index is 10.4. The van der Waals surface area contributed by atoms with Crippen LogP contribution in [-0.4, -0.2) is 78.1 Å². The summed E-state index contributed by atoms with van der Waals surface area (Å²) in [7, 11) is 0. The van der Waals surface area contributed by atoms with Crippen LogP contribution < -0.4 is 10.2 Å². The average molecular weight is 495 g/mol. The fourth-order valence-corrected chi connectivity index (χ4v) is 4.59. The van der Waals surface area contributed by atoms with Crippen molar-refractivity contribution in [3.8, 4) is 5.75 Å². The summed E-state index contributed by atoms with van der Waals surface area (Å²) in [6.07, 6.45) is -0.564. The Morgan fingerprint density at radius 3 is 2.58 bits per heavy atom. The maximum atomic E-state index is 10.4. The summed E-state index contributed by atoms with van der Waals surface area (Å²) in [5.74, 6) is 1.37. The first-order valence-corrected chi connectivity index (χ1v) is 11.7. The Morgan fingerprint density at radius 1 is 1.12 bits per heavy atom. The van der Waals surface area contributed by atoms with E-state index >= 15 is 0 Å². The highest BCUT2D eigenvalue weighted by Gasteiger charge is 2.44. The average Bonchev–Trinajstić information content (AvgIpc) is 3.36. The number of aromatic nitrogens is 4. The molecule has 33 heavy (non-hydrogen) atoms. The third kappa shape index (κ3) is 4.59. The molecule has 0 spiro atoms. The zero-order valence-corrected chi connectivity index (χ0v) is 19.1. The molecule has 2 aromatic heterocycles. The summed E-state index contributed by atoms with van der Waals surface area (Å²) in [6.45, 7) is 1.49. The lowest BCUT2D eigenvalue weighted by molar-refractivity contribution is -0.0291. The molecule has 1 aromatic carbocycles. The molecule has 0 radical (unpaired) electrons. The number of piperidine rings is 1. The number of anilines is 1. The van der Waals surface area contributed by atoms with Gasteiger partial charge in [0.2, 0.25) is 5.28 Å². The number of imidazole rings is 1. The molecular weight excluding hydrogens is 471 g/mol. The maximum Gasteiger partial charge on any atom is 0.226 e. The third-order valence-corrected chi connectivity index (χ3v) is 6.38. The second-order valence-corrected chi connectivity index (χ2v) is 8.74. The van der Waals surface area contributed by atoms with E-state index in [1.807, 2.05) is 35.3 Å². The van der Waals surface area contributed by atoms with Crippen LogP contribution in [0.25, 0.3) is 11.2 Å². The van der Waals surface area contributed by atoms with Crippen molar-refractivity contribution in [3.63, 3.8) is 0 Å². The second kappa shape index (κ2) is 9.57. The summed E-state index contributed by atoms with van der Waals surface area (Å²) < 4.78 is 13.3. The van der Waals surface area contributed by atoms with Crippen molar-refractivity contribution < 1.29 is 19.7 Å². The molecule has 2 saturated heterocycles. The summed E-state index contributed by atoms with van der Waals surface area (Å²) in [4.78, 5) is 13.0. The van der Waals surface area contributed by atoms with Crippen LogP contribution in [0.5, 0.6) is 5.75 Å². The largest absolute Gasteiger partial charge is 0.490 e. The third-order valence-electron chi connectivity index (χ3n) is 5.91.